The van der Waals surface area contributed by atoms with Gasteiger partial charge >= 0.3 is 0 Å². The van der Waals surface area contributed by atoms with Crippen LogP contribution in [0.25, 0.3) is 0 Å². The lowest BCUT2D eigenvalue weighted by molar-refractivity contribution is -0.132. The van der Waals surface area contributed by atoms with Crippen molar-refractivity contribution in [1.82, 2.24) is 10.2 Å². The van der Waals surface area contributed by atoms with Crippen molar-refractivity contribution >= 4 is 39.5 Å². The maximum Gasteiger partial charge on any atom is 0.240 e. The Morgan fingerprint density at radius 3 is 3.00 bits per heavy atom. The van der Waals surface area contributed by atoms with Gasteiger partial charge in [-0.3, -0.25) is 9.59 Å². The lowest BCUT2D eigenvalue weighted by Gasteiger charge is -2.18. The normalized spacial score (nSPS) is 16.5. The van der Waals surface area contributed by atoms with E-state index in [2.05, 4.69) is 21.2 Å². The molecule has 2 amide bonds. The minimum absolute atomic E-state index is 0.0373. The van der Waals surface area contributed by atoms with Crippen molar-refractivity contribution in [3.05, 3.63) is 34.3 Å². The Hall–Kier alpha value is -1.01. The zero-order valence-electron chi connectivity index (χ0n) is 10.6. The number of halogens is 1. The second-order valence-electron chi connectivity index (χ2n) is 4.41. The fourth-order valence-electron chi connectivity index (χ4n) is 1.86. The average molecular weight is 343 g/mol. The Balaban J connectivity index is 1.89. The molecule has 1 unspecified atom stereocenters. The van der Waals surface area contributed by atoms with Gasteiger partial charge in [0.05, 0.1) is 17.7 Å². The summed E-state index contributed by atoms with van der Waals surface area (Å²) in [5.74, 6) is 1.00. The smallest absolute Gasteiger partial charge is 0.240 e. The van der Waals surface area contributed by atoms with Gasteiger partial charge in [-0.25, -0.2) is 0 Å². The highest BCUT2D eigenvalue weighted by atomic mass is 79.9. The Morgan fingerprint density at radius 2 is 2.37 bits per heavy atom. The first-order valence-electron chi connectivity index (χ1n) is 5.96. The van der Waals surface area contributed by atoms with Gasteiger partial charge in [-0.15, -0.1) is 11.8 Å². The molecule has 6 heteroatoms. The van der Waals surface area contributed by atoms with Crippen LogP contribution in [0.2, 0.25) is 0 Å². The zero-order chi connectivity index (χ0) is 13.8. The van der Waals surface area contributed by atoms with Crippen molar-refractivity contribution in [2.45, 2.75) is 13.0 Å². The molecule has 0 aliphatic carbocycles. The van der Waals surface area contributed by atoms with E-state index in [4.69, 9.17) is 0 Å². The number of nitrogens with zero attached hydrogens (tertiary/aromatic N) is 1. The van der Waals surface area contributed by atoms with Gasteiger partial charge in [-0.2, -0.15) is 0 Å². The first-order valence-corrected chi connectivity index (χ1v) is 7.91. The Bertz CT molecular complexity index is 495. The van der Waals surface area contributed by atoms with Gasteiger partial charge in [-0.1, -0.05) is 28.1 Å². The molecule has 1 aliphatic rings. The molecule has 1 heterocycles. The lowest BCUT2D eigenvalue weighted by atomic mass is 10.1. The van der Waals surface area contributed by atoms with Crippen molar-refractivity contribution < 1.29 is 9.59 Å². The summed E-state index contributed by atoms with van der Waals surface area (Å²) in [5.41, 5.74) is 1.03. The summed E-state index contributed by atoms with van der Waals surface area (Å²) in [6.07, 6.45) is 0. The van der Waals surface area contributed by atoms with E-state index in [9.17, 15) is 9.59 Å². The van der Waals surface area contributed by atoms with E-state index in [1.807, 2.05) is 31.2 Å². The fourth-order valence-corrected chi connectivity index (χ4v) is 3.18. The summed E-state index contributed by atoms with van der Waals surface area (Å²) < 4.78 is 0.984. The summed E-state index contributed by atoms with van der Waals surface area (Å²) in [5, 5.41) is 2.91. The molecular weight excluding hydrogens is 328 g/mol. The average Bonchev–Trinajstić information content (AvgIpc) is 2.75. The van der Waals surface area contributed by atoms with Crippen molar-refractivity contribution in [2.24, 2.45) is 0 Å². The molecule has 0 aromatic heterocycles. The first kappa shape index (κ1) is 14.4. The van der Waals surface area contributed by atoms with Crippen LogP contribution in [0.3, 0.4) is 0 Å². The molecule has 1 fully saturated rings. The molecular formula is C13H15BrN2O2S. The van der Waals surface area contributed by atoms with Crippen LogP contribution in [0.4, 0.5) is 0 Å². The maximum absolute atomic E-state index is 11.9. The predicted molar refractivity (Wildman–Crippen MR) is 79.7 cm³/mol. The van der Waals surface area contributed by atoms with Gasteiger partial charge in [0.15, 0.2) is 0 Å². The van der Waals surface area contributed by atoms with E-state index in [1.165, 1.54) is 11.8 Å². The number of hydrogen-bond donors (Lipinski definition) is 1. The molecule has 1 atom stereocenters. The minimum Gasteiger partial charge on any atom is -0.348 e. The summed E-state index contributed by atoms with van der Waals surface area (Å²) >= 11 is 4.95. The van der Waals surface area contributed by atoms with Gasteiger partial charge < -0.3 is 10.2 Å². The Labute approximate surface area is 125 Å². The Morgan fingerprint density at radius 1 is 1.58 bits per heavy atom. The van der Waals surface area contributed by atoms with E-state index in [0.717, 1.165) is 10.0 Å². The fraction of sp³-hybridized carbons (Fsp3) is 0.385. The standard InChI is InChI=1S/C13H15BrN2O2S/c1-9(10-3-2-4-11(14)5-10)15-12(17)6-16-8-19-7-13(16)18/h2-5,9H,6-8H2,1H3,(H,15,17). The van der Waals surface area contributed by atoms with E-state index >= 15 is 0 Å². The number of carbonyl (C=O) groups excluding carboxylic acids is 2. The zero-order valence-corrected chi connectivity index (χ0v) is 13.0. The molecule has 1 aromatic carbocycles. The summed E-state index contributed by atoms with van der Waals surface area (Å²) in [4.78, 5) is 24.9. The third kappa shape index (κ3) is 3.98. The second-order valence-corrected chi connectivity index (χ2v) is 6.28. The van der Waals surface area contributed by atoms with Crippen LogP contribution in [0.1, 0.15) is 18.5 Å². The van der Waals surface area contributed by atoms with Gasteiger partial charge in [0.25, 0.3) is 0 Å². The molecule has 102 valence electrons. The van der Waals surface area contributed by atoms with Crippen LogP contribution in [0, 0.1) is 0 Å². The summed E-state index contributed by atoms with van der Waals surface area (Å²) in [6.45, 7) is 2.07. The van der Waals surface area contributed by atoms with Crippen LogP contribution in [0.15, 0.2) is 28.7 Å². The molecule has 0 radical (unpaired) electrons. The van der Waals surface area contributed by atoms with Crippen molar-refractivity contribution in [3.8, 4) is 0 Å². The van der Waals surface area contributed by atoms with Gasteiger partial charge in [0.2, 0.25) is 11.8 Å². The maximum atomic E-state index is 11.9. The monoisotopic (exact) mass is 342 g/mol. The van der Waals surface area contributed by atoms with Gasteiger partial charge in [-0.05, 0) is 24.6 Å². The van der Waals surface area contributed by atoms with E-state index in [1.54, 1.807) is 4.90 Å². The van der Waals surface area contributed by atoms with Crippen LogP contribution in [-0.4, -0.2) is 34.9 Å². The van der Waals surface area contributed by atoms with Gasteiger partial charge in [0.1, 0.15) is 6.54 Å². The number of carbonyl (C=O) groups is 2. The minimum atomic E-state index is -0.122. The molecule has 0 bridgehead atoms. The quantitative estimate of drug-likeness (QED) is 0.912. The number of benzene rings is 1. The third-order valence-corrected chi connectivity index (χ3v) is 4.32. The number of hydrogen-bond acceptors (Lipinski definition) is 3. The first-order chi connectivity index (χ1) is 9.06. The number of nitrogens with one attached hydrogen (secondary N) is 1. The Kier molecular flexibility index (Phi) is 4.87. The van der Waals surface area contributed by atoms with E-state index in [-0.39, 0.29) is 24.4 Å². The SMILES string of the molecule is CC(NC(=O)CN1CSCC1=O)c1cccc(Br)c1. The predicted octanol–water partition coefficient (Wildman–Crippen LogP) is 2.16. The van der Waals surface area contributed by atoms with Crippen molar-refractivity contribution in [1.29, 1.82) is 0 Å². The van der Waals surface area contributed by atoms with Crippen LogP contribution < -0.4 is 5.32 Å². The second kappa shape index (κ2) is 6.43. The molecule has 19 heavy (non-hydrogen) atoms. The lowest BCUT2D eigenvalue weighted by Crippen LogP contribution is -2.39. The largest absolute Gasteiger partial charge is 0.348 e. The highest BCUT2D eigenvalue weighted by Gasteiger charge is 2.23. The molecule has 1 aliphatic heterocycles. The van der Waals surface area contributed by atoms with Crippen molar-refractivity contribution in [2.75, 3.05) is 18.2 Å². The number of thioether (sulfide) groups is 1. The van der Waals surface area contributed by atoms with E-state index < -0.39 is 0 Å². The molecule has 0 saturated carbocycles. The third-order valence-electron chi connectivity index (χ3n) is 2.89. The molecule has 1 N–H and O–H groups in total. The molecule has 1 saturated heterocycles. The number of amides is 2. The van der Waals surface area contributed by atoms with Crippen molar-refractivity contribution in [3.63, 3.8) is 0 Å². The van der Waals surface area contributed by atoms with Gasteiger partial charge in [0, 0.05) is 4.47 Å². The topological polar surface area (TPSA) is 49.4 Å². The highest BCUT2D eigenvalue weighted by molar-refractivity contribution is 9.10. The molecule has 4 nitrogen and oxygen atoms in total. The summed E-state index contributed by atoms with van der Waals surface area (Å²) in [7, 11) is 0. The summed E-state index contributed by atoms with van der Waals surface area (Å²) in [6, 6.07) is 7.74. The molecule has 2 rings (SSSR count). The molecule has 1 aromatic rings. The van der Waals surface area contributed by atoms with Crippen LogP contribution in [-0.2, 0) is 9.59 Å². The van der Waals surface area contributed by atoms with Crippen LogP contribution >= 0.6 is 27.7 Å². The number of rotatable bonds is 4. The highest BCUT2D eigenvalue weighted by Crippen LogP contribution is 2.18. The molecule has 0 spiro atoms. The van der Waals surface area contributed by atoms with Crippen LogP contribution in [0.5, 0.6) is 0 Å². The van der Waals surface area contributed by atoms with E-state index in [0.29, 0.717) is 11.6 Å².